The summed E-state index contributed by atoms with van der Waals surface area (Å²) in [5.41, 5.74) is 0. The van der Waals surface area contributed by atoms with Crippen molar-refractivity contribution in [3.8, 4) is 0 Å². The molecule has 1 unspecified atom stereocenters. The summed E-state index contributed by atoms with van der Waals surface area (Å²) < 4.78 is 10.5. The van der Waals surface area contributed by atoms with E-state index in [4.69, 9.17) is 14.5 Å². The molecule has 0 saturated carbocycles. The molecule has 0 amide bonds. The fourth-order valence-electron chi connectivity index (χ4n) is 3.35. The molecule has 2 rings (SSSR count). The van der Waals surface area contributed by atoms with Crippen LogP contribution in [0, 0.1) is 5.92 Å². The van der Waals surface area contributed by atoms with Crippen molar-refractivity contribution in [1.82, 2.24) is 15.5 Å². The summed E-state index contributed by atoms with van der Waals surface area (Å²) in [5.74, 6) is 1.74. The quantitative estimate of drug-likeness (QED) is 0.184. The smallest absolute Gasteiger partial charge is 0.191 e. The number of halogens is 1. The second kappa shape index (κ2) is 16.3. The molecule has 2 N–H and O–H groups in total. The van der Waals surface area contributed by atoms with Gasteiger partial charge < -0.3 is 20.1 Å². The first-order valence-corrected chi connectivity index (χ1v) is 11.5. The number of hydrogen-bond acceptors (Lipinski definition) is 5. The lowest BCUT2D eigenvalue weighted by atomic mass is 9.97. The zero-order valence-corrected chi connectivity index (χ0v) is 21.3. The Morgan fingerprint density at radius 3 is 2.72 bits per heavy atom. The van der Waals surface area contributed by atoms with Crippen LogP contribution in [-0.4, -0.2) is 70.5 Å². The molecule has 0 bridgehead atoms. The SMILES string of the molecule is CCNC(=NCC(c1cccs1)N1CCC(C)CC1)NCCCOCCOC.I. The van der Waals surface area contributed by atoms with Crippen molar-refractivity contribution in [2.24, 2.45) is 10.9 Å². The van der Waals surface area contributed by atoms with Gasteiger partial charge in [0, 0.05) is 31.7 Å². The zero-order valence-electron chi connectivity index (χ0n) is 18.2. The molecule has 0 aromatic carbocycles. The molecule has 168 valence electrons. The van der Waals surface area contributed by atoms with E-state index >= 15 is 0 Å². The topological polar surface area (TPSA) is 58.1 Å². The maximum absolute atomic E-state index is 5.52. The van der Waals surface area contributed by atoms with Gasteiger partial charge in [0.15, 0.2) is 5.96 Å². The molecule has 1 aliphatic heterocycles. The van der Waals surface area contributed by atoms with E-state index in [2.05, 4.69) is 46.9 Å². The van der Waals surface area contributed by atoms with Gasteiger partial charge in [0.1, 0.15) is 0 Å². The van der Waals surface area contributed by atoms with Crippen molar-refractivity contribution < 1.29 is 9.47 Å². The molecule has 29 heavy (non-hydrogen) atoms. The summed E-state index contributed by atoms with van der Waals surface area (Å²) in [4.78, 5) is 8.94. The number of hydrogen-bond donors (Lipinski definition) is 2. The van der Waals surface area contributed by atoms with Crippen LogP contribution in [0.4, 0.5) is 0 Å². The second-order valence-corrected chi connectivity index (χ2v) is 8.33. The monoisotopic (exact) mass is 538 g/mol. The van der Waals surface area contributed by atoms with E-state index in [0.29, 0.717) is 19.3 Å². The number of piperidine rings is 1. The molecule has 1 aromatic rings. The fraction of sp³-hybridized carbons (Fsp3) is 0.762. The average Bonchev–Trinajstić information content (AvgIpc) is 3.23. The van der Waals surface area contributed by atoms with Crippen LogP contribution in [0.2, 0.25) is 0 Å². The fourth-order valence-corrected chi connectivity index (χ4v) is 4.20. The number of nitrogens with one attached hydrogen (secondary N) is 2. The molecule has 0 aliphatic carbocycles. The predicted molar refractivity (Wildman–Crippen MR) is 134 cm³/mol. The van der Waals surface area contributed by atoms with Gasteiger partial charge in [0.05, 0.1) is 25.8 Å². The van der Waals surface area contributed by atoms with Gasteiger partial charge in [-0.05, 0) is 56.6 Å². The Hall–Kier alpha value is -0.420. The van der Waals surface area contributed by atoms with Crippen molar-refractivity contribution in [2.45, 2.75) is 39.2 Å². The van der Waals surface area contributed by atoms with Crippen LogP contribution >= 0.6 is 35.3 Å². The maximum atomic E-state index is 5.52. The Morgan fingerprint density at radius 1 is 1.28 bits per heavy atom. The third kappa shape index (κ3) is 10.4. The van der Waals surface area contributed by atoms with Crippen LogP contribution in [0.1, 0.15) is 44.0 Å². The molecule has 1 saturated heterocycles. The Morgan fingerprint density at radius 2 is 2.07 bits per heavy atom. The minimum Gasteiger partial charge on any atom is -0.382 e. The Kier molecular flexibility index (Phi) is 15.0. The van der Waals surface area contributed by atoms with Crippen molar-refractivity contribution in [3.05, 3.63) is 22.4 Å². The molecule has 1 fully saturated rings. The minimum atomic E-state index is 0. The number of guanidine groups is 1. The summed E-state index contributed by atoms with van der Waals surface area (Å²) in [6.07, 6.45) is 3.52. The summed E-state index contributed by atoms with van der Waals surface area (Å²) in [7, 11) is 1.69. The van der Waals surface area contributed by atoms with Gasteiger partial charge >= 0.3 is 0 Å². The lowest BCUT2D eigenvalue weighted by Crippen LogP contribution is -2.40. The molecule has 1 aliphatic rings. The van der Waals surface area contributed by atoms with Crippen molar-refractivity contribution in [3.63, 3.8) is 0 Å². The summed E-state index contributed by atoms with van der Waals surface area (Å²) in [5, 5.41) is 8.97. The normalized spacial score (nSPS) is 17.0. The Balaban J connectivity index is 0.00000420. The molecule has 6 nitrogen and oxygen atoms in total. The van der Waals surface area contributed by atoms with E-state index in [0.717, 1.165) is 44.5 Å². The largest absolute Gasteiger partial charge is 0.382 e. The van der Waals surface area contributed by atoms with E-state index < -0.39 is 0 Å². The number of thiophene rings is 1. The lowest BCUT2D eigenvalue weighted by Gasteiger charge is -2.35. The van der Waals surface area contributed by atoms with Crippen LogP contribution in [0.25, 0.3) is 0 Å². The van der Waals surface area contributed by atoms with Gasteiger partial charge in [0.25, 0.3) is 0 Å². The highest BCUT2D eigenvalue weighted by atomic mass is 127. The Bertz CT molecular complexity index is 537. The molecule has 0 spiro atoms. The molecule has 1 atom stereocenters. The maximum Gasteiger partial charge on any atom is 0.191 e. The highest BCUT2D eigenvalue weighted by molar-refractivity contribution is 14.0. The van der Waals surface area contributed by atoms with Gasteiger partial charge in [0.2, 0.25) is 0 Å². The van der Waals surface area contributed by atoms with Crippen molar-refractivity contribution in [1.29, 1.82) is 0 Å². The first-order valence-electron chi connectivity index (χ1n) is 10.6. The van der Waals surface area contributed by atoms with Gasteiger partial charge in [-0.2, -0.15) is 0 Å². The summed E-state index contributed by atoms with van der Waals surface area (Å²) in [6.45, 7) is 11.3. The molecule has 2 heterocycles. The predicted octanol–water partition coefficient (Wildman–Crippen LogP) is 3.75. The summed E-state index contributed by atoms with van der Waals surface area (Å²) in [6, 6.07) is 4.78. The number of rotatable bonds is 12. The van der Waals surface area contributed by atoms with E-state index in [-0.39, 0.29) is 24.0 Å². The molecular weight excluding hydrogens is 499 g/mol. The number of methoxy groups -OCH3 is 1. The van der Waals surface area contributed by atoms with Crippen LogP contribution in [0.15, 0.2) is 22.5 Å². The third-order valence-electron chi connectivity index (χ3n) is 5.09. The zero-order chi connectivity index (χ0) is 20.0. The van der Waals surface area contributed by atoms with Gasteiger partial charge in [-0.3, -0.25) is 9.89 Å². The Labute approximate surface area is 197 Å². The van der Waals surface area contributed by atoms with Crippen LogP contribution in [0.5, 0.6) is 0 Å². The van der Waals surface area contributed by atoms with Gasteiger partial charge in [-0.15, -0.1) is 35.3 Å². The van der Waals surface area contributed by atoms with E-state index in [1.54, 1.807) is 7.11 Å². The number of nitrogens with zero attached hydrogens (tertiary/aromatic N) is 2. The highest BCUT2D eigenvalue weighted by Crippen LogP contribution is 2.29. The minimum absolute atomic E-state index is 0. The van der Waals surface area contributed by atoms with Gasteiger partial charge in [-0.25, -0.2) is 0 Å². The van der Waals surface area contributed by atoms with Gasteiger partial charge in [-0.1, -0.05) is 13.0 Å². The van der Waals surface area contributed by atoms with Crippen molar-refractivity contribution in [2.75, 3.05) is 59.7 Å². The molecule has 1 aromatic heterocycles. The first-order chi connectivity index (χ1) is 13.7. The van der Waals surface area contributed by atoms with Crippen LogP contribution in [-0.2, 0) is 9.47 Å². The van der Waals surface area contributed by atoms with Crippen LogP contribution in [0.3, 0.4) is 0 Å². The molecular formula is C21H39IN4O2S. The number of aliphatic imine (C=N–C) groups is 1. The molecule has 8 heteroatoms. The number of likely N-dealkylation sites (tertiary alicyclic amines) is 1. The number of ether oxygens (including phenoxy) is 2. The van der Waals surface area contributed by atoms with Crippen LogP contribution < -0.4 is 10.6 Å². The molecule has 0 radical (unpaired) electrons. The summed E-state index contributed by atoms with van der Waals surface area (Å²) >= 11 is 1.84. The van der Waals surface area contributed by atoms with Crippen molar-refractivity contribution >= 4 is 41.3 Å². The lowest BCUT2D eigenvalue weighted by molar-refractivity contribution is 0.0698. The third-order valence-corrected chi connectivity index (χ3v) is 6.06. The average molecular weight is 539 g/mol. The van der Waals surface area contributed by atoms with E-state index in [1.165, 1.54) is 30.8 Å². The van der Waals surface area contributed by atoms with E-state index in [1.807, 2.05) is 11.3 Å². The second-order valence-electron chi connectivity index (χ2n) is 7.35. The highest BCUT2D eigenvalue weighted by Gasteiger charge is 2.25. The first kappa shape index (κ1) is 26.6. The standard InChI is InChI=1S/C21H38N4O2S.HI/c1-4-22-21(23-10-6-13-27-15-14-26-3)24-17-19(20-7-5-16-28-20)25-11-8-18(2)9-12-25;/h5,7,16,18-19H,4,6,8-15,17H2,1-3H3,(H2,22,23,24);1H. The van der Waals surface area contributed by atoms with E-state index in [9.17, 15) is 0 Å².